The molecule has 0 amide bonds. The van der Waals surface area contributed by atoms with E-state index in [1.54, 1.807) is 0 Å². The van der Waals surface area contributed by atoms with E-state index in [0.717, 1.165) is 102 Å². The second kappa shape index (κ2) is 69.8. The average Bonchev–Trinajstić information content (AvgIpc) is 1.35. The third-order valence-corrected chi connectivity index (χ3v) is 20.1. The summed E-state index contributed by atoms with van der Waals surface area (Å²) in [5, 5.41) is 10.6. The Morgan fingerprint density at radius 2 is 0.474 bits per heavy atom. The first-order chi connectivity index (χ1) is 46.9. The van der Waals surface area contributed by atoms with Crippen LogP contribution >= 0.6 is 15.6 Å². The van der Waals surface area contributed by atoms with Crippen LogP contribution in [0.1, 0.15) is 408 Å². The number of carbonyl (C=O) groups is 4. The minimum Gasteiger partial charge on any atom is -0.462 e. The Labute approximate surface area is 594 Å². The molecule has 0 radical (unpaired) electrons. The molecule has 0 saturated carbocycles. The molecule has 0 aromatic carbocycles. The van der Waals surface area contributed by atoms with Gasteiger partial charge in [-0.15, -0.1) is 0 Å². The van der Waals surface area contributed by atoms with Crippen LogP contribution in [-0.4, -0.2) is 96.7 Å². The molecule has 0 aliphatic carbocycles. The number of aliphatic hydroxyl groups excluding tert-OH is 1. The Kier molecular flexibility index (Phi) is 68.4. The lowest BCUT2D eigenvalue weighted by Gasteiger charge is -2.21. The third-order valence-electron chi connectivity index (χ3n) is 18.2. The van der Waals surface area contributed by atoms with Gasteiger partial charge in [0.2, 0.25) is 0 Å². The summed E-state index contributed by atoms with van der Waals surface area (Å²) in [6, 6.07) is 0. The summed E-state index contributed by atoms with van der Waals surface area (Å²) in [7, 11) is -9.91. The van der Waals surface area contributed by atoms with E-state index in [0.29, 0.717) is 25.7 Å². The van der Waals surface area contributed by atoms with Gasteiger partial charge in [-0.1, -0.05) is 356 Å². The average molecular weight is 1420 g/mol. The monoisotopic (exact) mass is 1420 g/mol. The quantitative estimate of drug-likeness (QED) is 0.0222. The number of aliphatic hydroxyl groups is 1. The summed E-state index contributed by atoms with van der Waals surface area (Å²) in [4.78, 5) is 72.8. The van der Waals surface area contributed by atoms with E-state index in [1.807, 2.05) is 0 Å². The van der Waals surface area contributed by atoms with Crippen molar-refractivity contribution >= 4 is 39.5 Å². The van der Waals surface area contributed by atoms with Gasteiger partial charge in [0.05, 0.1) is 26.4 Å². The number of hydrogen-bond donors (Lipinski definition) is 3. The zero-order valence-corrected chi connectivity index (χ0v) is 65.2. The first kappa shape index (κ1) is 95.1. The minimum absolute atomic E-state index is 0.106. The largest absolute Gasteiger partial charge is 0.472 e. The van der Waals surface area contributed by atoms with Crippen LogP contribution in [0.2, 0.25) is 0 Å². The van der Waals surface area contributed by atoms with Crippen LogP contribution in [0.5, 0.6) is 0 Å². The maximum atomic E-state index is 13.1. The SMILES string of the molecule is CCCCCCCCCCCCCCCCCC(=O)OC[C@H](COP(=O)(O)OC[C@@H](O)COP(=O)(O)OC[C@@H](COC(=O)CCCCCCCCCCC)OC(=O)CCCCCCCCCCCC(C)C)OC(=O)CCCCCCCCCCCCCCCCCCCCC(C)C. The predicted octanol–water partition coefficient (Wildman–Crippen LogP) is 23.1. The fraction of sp³-hybridized carbons (Fsp3) is 0.949. The number of esters is 4. The first-order valence-electron chi connectivity index (χ1n) is 40.5. The second-order valence-corrected chi connectivity index (χ2v) is 32.0. The molecule has 0 aromatic rings. The van der Waals surface area contributed by atoms with Gasteiger partial charge in [0.1, 0.15) is 19.3 Å². The van der Waals surface area contributed by atoms with Gasteiger partial charge in [-0.05, 0) is 37.5 Å². The Balaban J connectivity index is 5.20. The van der Waals surface area contributed by atoms with Crippen LogP contribution < -0.4 is 0 Å². The van der Waals surface area contributed by atoms with Crippen molar-refractivity contribution in [3.05, 3.63) is 0 Å². The number of unbranched alkanes of at least 4 members (excludes halogenated alkanes) is 47. The van der Waals surface area contributed by atoms with E-state index in [4.69, 9.17) is 37.0 Å². The Morgan fingerprint density at radius 3 is 0.701 bits per heavy atom. The fourth-order valence-electron chi connectivity index (χ4n) is 12.0. The zero-order chi connectivity index (χ0) is 71.4. The number of phosphoric acid groups is 2. The molecule has 5 atom stereocenters. The van der Waals surface area contributed by atoms with E-state index in [1.165, 1.54) is 225 Å². The number of rotatable bonds is 77. The van der Waals surface area contributed by atoms with Crippen LogP contribution in [0.15, 0.2) is 0 Å². The van der Waals surface area contributed by atoms with Gasteiger partial charge in [-0.2, -0.15) is 0 Å². The van der Waals surface area contributed by atoms with Gasteiger partial charge in [0, 0.05) is 25.7 Å². The Morgan fingerprint density at radius 1 is 0.278 bits per heavy atom. The predicted molar refractivity (Wildman–Crippen MR) is 395 cm³/mol. The lowest BCUT2D eigenvalue weighted by atomic mass is 10.0. The summed E-state index contributed by atoms with van der Waals surface area (Å²) in [6.07, 6.45) is 58.3. The van der Waals surface area contributed by atoms with Gasteiger partial charge in [0.25, 0.3) is 0 Å². The van der Waals surface area contributed by atoms with Crippen LogP contribution in [-0.2, 0) is 65.4 Å². The van der Waals surface area contributed by atoms with E-state index in [-0.39, 0.29) is 25.7 Å². The number of phosphoric ester groups is 2. The summed E-state index contributed by atoms with van der Waals surface area (Å²) in [5.41, 5.74) is 0. The molecule has 0 aliphatic rings. The summed E-state index contributed by atoms with van der Waals surface area (Å²) in [6.45, 7) is 9.61. The standard InChI is InChI=1S/C78H152O17P2/c1-7-9-11-13-15-17-18-19-24-28-31-37-43-49-55-61-76(81)89-67-74(94-77(82)62-56-50-44-38-32-29-26-23-21-20-22-25-27-30-35-40-46-52-58-70(3)4)69-93-97(86,87)91-65-72(79)64-90-96(84,85)92-68-73(66-88-75(80)60-54-48-42-34-16-14-12-10-8-2)95-78(83)63-57-51-45-39-33-36-41-47-53-59-71(5)6/h70-74,79H,7-69H2,1-6H3,(H,84,85)(H,86,87)/t72-,73+,74+/m0/s1. The van der Waals surface area contributed by atoms with Crippen molar-refractivity contribution in [2.75, 3.05) is 39.6 Å². The molecule has 0 rings (SSSR count). The highest BCUT2D eigenvalue weighted by Crippen LogP contribution is 2.45. The highest BCUT2D eigenvalue weighted by Gasteiger charge is 2.30. The van der Waals surface area contributed by atoms with E-state index < -0.39 is 97.5 Å². The summed E-state index contributed by atoms with van der Waals surface area (Å²) >= 11 is 0. The van der Waals surface area contributed by atoms with E-state index in [2.05, 4.69) is 41.5 Å². The Bertz CT molecular complexity index is 1870. The molecule has 0 heterocycles. The molecule has 0 saturated heterocycles. The molecule has 0 fully saturated rings. The molecule has 2 unspecified atom stereocenters. The first-order valence-corrected chi connectivity index (χ1v) is 43.5. The third kappa shape index (κ3) is 72.2. The van der Waals surface area contributed by atoms with Crippen molar-refractivity contribution in [1.82, 2.24) is 0 Å². The van der Waals surface area contributed by atoms with Crippen LogP contribution in [0.4, 0.5) is 0 Å². The molecule has 0 spiro atoms. The molecule has 0 aromatic heterocycles. The van der Waals surface area contributed by atoms with Crippen molar-refractivity contribution in [1.29, 1.82) is 0 Å². The number of hydrogen-bond acceptors (Lipinski definition) is 15. The van der Waals surface area contributed by atoms with Gasteiger partial charge >= 0.3 is 39.5 Å². The maximum absolute atomic E-state index is 13.1. The summed E-state index contributed by atoms with van der Waals surface area (Å²) < 4.78 is 68.5. The van der Waals surface area contributed by atoms with Crippen LogP contribution in [0, 0.1) is 11.8 Å². The lowest BCUT2D eigenvalue weighted by Crippen LogP contribution is -2.30. The van der Waals surface area contributed by atoms with Gasteiger partial charge in [-0.3, -0.25) is 37.3 Å². The van der Waals surface area contributed by atoms with Crippen LogP contribution in [0.3, 0.4) is 0 Å². The van der Waals surface area contributed by atoms with Gasteiger partial charge < -0.3 is 33.8 Å². The number of ether oxygens (including phenoxy) is 4. The number of carbonyl (C=O) groups excluding carboxylic acids is 4. The summed E-state index contributed by atoms with van der Waals surface area (Å²) in [5.74, 6) is -0.557. The topological polar surface area (TPSA) is 237 Å². The molecular formula is C78H152O17P2. The van der Waals surface area contributed by atoms with Crippen molar-refractivity contribution in [3.8, 4) is 0 Å². The highest BCUT2D eigenvalue weighted by atomic mass is 31.2. The van der Waals surface area contributed by atoms with Crippen LogP contribution in [0.25, 0.3) is 0 Å². The molecule has 576 valence electrons. The zero-order valence-electron chi connectivity index (χ0n) is 63.4. The second-order valence-electron chi connectivity index (χ2n) is 29.1. The molecule has 3 N–H and O–H groups in total. The fourth-order valence-corrected chi connectivity index (χ4v) is 13.6. The highest BCUT2D eigenvalue weighted by molar-refractivity contribution is 7.47. The van der Waals surface area contributed by atoms with Gasteiger partial charge in [0.15, 0.2) is 12.2 Å². The molecule has 17 nitrogen and oxygen atoms in total. The van der Waals surface area contributed by atoms with E-state index >= 15 is 0 Å². The smallest absolute Gasteiger partial charge is 0.462 e. The lowest BCUT2D eigenvalue weighted by molar-refractivity contribution is -0.161. The van der Waals surface area contributed by atoms with Crippen molar-refractivity contribution in [2.45, 2.75) is 426 Å². The molecular weight excluding hydrogens is 1270 g/mol. The molecule has 19 heteroatoms. The minimum atomic E-state index is -4.96. The van der Waals surface area contributed by atoms with Gasteiger partial charge in [-0.25, -0.2) is 9.13 Å². The maximum Gasteiger partial charge on any atom is 0.472 e. The van der Waals surface area contributed by atoms with E-state index in [9.17, 15) is 43.2 Å². The molecule has 97 heavy (non-hydrogen) atoms. The van der Waals surface area contributed by atoms with Crippen molar-refractivity contribution in [2.24, 2.45) is 11.8 Å². The van der Waals surface area contributed by atoms with Crippen molar-refractivity contribution < 1.29 is 80.2 Å². The normalized spacial score (nSPS) is 14.0. The molecule has 0 bridgehead atoms. The van der Waals surface area contributed by atoms with Crippen molar-refractivity contribution in [3.63, 3.8) is 0 Å². The Hall–Kier alpha value is -1.94. The molecule has 0 aliphatic heterocycles.